The maximum atomic E-state index is 12.8. The molecule has 3 amide bonds. The van der Waals surface area contributed by atoms with Crippen LogP contribution in [-0.2, 0) is 4.79 Å². The lowest BCUT2D eigenvalue weighted by atomic mass is 10.1. The lowest BCUT2D eigenvalue weighted by molar-refractivity contribution is -0.119. The maximum absolute atomic E-state index is 12.8. The fraction of sp³-hybridized carbons (Fsp3) is 0.333. The van der Waals surface area contributed by atoms with Crippen molar-refractivity contribution >= 4 is 29.1 Å². The van der Waals surface area contributed by atoms with Crippen LogP contribution < -0.4 is 10.6 Å². The second kappa shape index (κ2) is 8.09. The molecule has 2 heterocycles. The molecule has 2 N–H and O–H groups in total. The summed E-state index contributed by atoms with van der Waals surface area (Å²) < 4.78 is 0. The number of nitrogens with zero attached hydrogens (tertiary/aromatic N) is 2. The Balaban J connectivity index is 1.70. The molecular weight excluding hydrogens is 352 g/mol. The molecule has 1 fully saturated rings. The zero-order valence-corrected chi connectivity index (χ0v) is 15.2. The van der Waals surface area contributed by atoms with Crippen LogP contribution in [0.2, 0.25) is 0 Å². The molecule has 0 radical (unpaired) electrons. The van der Waals surface area contributed by atoms with E-state index in [1.807, 2.05) is 23.1 Å². The van der Waals surface area contributed by atoms with Crippen molar-refractivity contribution in [3.63, 3.8) is 0 Å². The van der Waals surface area contributed by atoms with Crippen LogP contribution in [0.4, 0.5) is 0 Å². The first-order chi connectivity index (χ1) is 12.6. The van der Waals surface area contributed by atoms with Crippen molar-refractivity contribution in [1.29, 1.82) is 0 Å². The van der Waals surface area contributed by atoms with Crippen molar-refractivity contribution in [3.05, 3.63) is 52.0 Å². The zero-order chi connectivity index (χ0) is 18.5. The van der Waals surface area contributed by atoms with Crippen LogP contribution in [0, 0.1) is 0 Å². The second-order valence-electron chi connectivity index (χ2n) is 5.95. The summed E-state index contributed by atoms with van der Waals surface area (Å²) in [4.78, 5) is 42.3. The summed E-state index contributed by atoms with van der Waals surface area (Å²) in [5.41, 5.74) is 0.924. The number of aromatic nitrogens is 1. The fourth-order valence-corrected chi connectivity index (χ4v) is 3.84. The molecule has 136 valence electrons. The molecule has 3 rings (SSSR count). The minimum atomic E-state index is -0.393. The summed E-state index contributed by atoms with van der Waals surface area (Å²) in [6.07, 6.45) is 1.73. The third-order valence-corrected chi connectivity index (χ3v) is 5.21. The predicted octanol–water partition coefficient (Wildman–Crippen LogP) is 1.60. The number of carbonyl (C=O) groups excluding carboxylic acids is 3. The van der Waals surface area contributed by atoms with E-state index < -0.39 is 5.91 Å². The number of amides is 3. The first-order valence-electron chi connectivity index (χ1n) is 8.40. The molecule has 1 aromatic heterocycles. The highest BCUT2D eigenvalue weighted by Crippen LogP contribution is 2.34. The largest absolute Gasteiger partial charge is 0.358 e. The van der Waals surface area contributed by atoms with E-state index in [0.29, 0.717) is 12.1 Å². The van der Waals surface area contributed by atoms with Gasteiger partial charge in [-0.25, -0.2) is 4.98 Å². The van der Waals surface area contributed by atoms with Crippen LogP contribution in [0.3, 0.4) is 0 Å². The molecule has 1 unspecified atom stereocenters. The van der Waals surface area contributed by atoms with Gasteiger partial charge in [0.2, 0.25) is 5.91 Å². The van der Waals surface area contributed by atoms with Crippen molar-refractivity contribution in [2.75, 3.05) is 20.1 Å². The van der Waals surface area contributed by atoms with Gasteiger partial charge in [-0.2, -0.15) is 0 Å². The van der Waals surface area contributed by atoms with Crippen molar-refractivity contribution in [2.45, 2.75) is 18.9 Å². The Kier molecular flexibility index (Phi) is 5.62. The molecule has 8 heteroatoms. The van der Waals surface area contributed by atoms with Crippen LogP contribution in [0.25, 0.3) is 0 Å². The number of benzene rings is 1. The summed E-state index contributed by atoms with van der Waals surface area (Å²) in [5.74, 6) is -0.687. The van der Waals surface area contributed by atoms with Gasteiger partial charge in [-0.1, -0.05) is 18.2 Å². The van der Waals surface area contributed by atoms with E-state index in [1.54, 1.807) is 17.5 Å². The van der Waals surface area contributed by atoms with E-state index in [9.17, 15) is 14.4 Å². The van der Waals surface area contributed by atoms with Gasteiger partial charge < -0.3 is 15.5 Å². The Bertz CT molecular complexity index is 806. The van der Waals surface area contributed by atoms with Crippen molar-refractivity contribution < 1.29 is 14.4 Å². The van der Waals surface area contributed by atoms with E-state index in [-0.39, 0.29) is 30.1 Å². The fourth-order valence-electron chi connectivity index (χ4n) is 2.90. The third-order valence-electron chi connectivity index (χ3n) is 4.26. The van der Waals surface area contributed by atoms with Gasteiger partial charge in [-0.15, -0.1) is 11.3 Å². The number of likely N-dealkylation sites (tertiary alicyclic amines) is 1. The van der Waals surface area contributed by atoms with E-state index in [4.69, 9.17) is 0 Å². The number of likely N-dealkylation sites (N-methyl/N-ethyl adjacent to an activating group) is 1. The summed E-state index contributed by atoms with van der Waals surface area (Å²) in [6, 6.07) is 9.05. The van der Waals surface area contributed by atoms with Crippen molar-refractivity contribution in [1.82, 2.24) is 20.5 Å². The highest BCUT2D eigenvalue weighted by molar-refractivity contribution is 7.09. The molecule has 26 heavy (non-hydrogen) atoms. The first kappa shape index (κ1) is 18.1. The van der Waals surface area contributed by atoms with Crippen LogP contribution in [0.5, 0.6) is 0 Å². The molecule has 1 aliphatic rings. The molecule has 0 spiro atoms. The molecule has 1 aromatic carbocycles. The van der Waals surface area contributed by atoms with Gasteiger partial charge in [0, 0.05) is 24.5 Å². The third kappa shape index (κ3) is 3.91. The topological polar surface area (TPSA) is 91.4 Å². The maximum Gasteiger partial charge on any atom is 0.271 e. The number of hydrogen-bond acceptors (Lipinski definition) is 5. The lowest BCUT2D eigenvalue weighted by Crippen LogP contribution is -2.35. The molecular formula is C18H20N4O3S. The first-order valence-corrected chi connectivity index (χ1v) is 9.28. The standard InChI is InChI=1S/C18H20N4O3S/c1-19-15(23)10-20-16(24)13-11-26-17(21-13)14-8-5-9-22(14)18(25)12-6-3-2-4-7-12/h2-4,6-7,11,14H,5,8-10H2,1H3,(H,19,23)(H,20,24). The van der Waals surface area contributed by atoms with E-state index in [0.717, 1.165) is 17.8 Å². The Labute approximate surface area is 155 Å². The summed E-state index contributed by atoms with van der Waals surface area (Å²) in [6.45, 7) is 0.584. The van der Waals surface area contributed by atoms with Gasteiger partial charge in [0.05, 0.1) is 12.6 Å². The van der Waals surface area contributed by atoms with Crippen LogP contribution in [-0.4, -0.2) is 47.7 Å². The van der Waals surface area contributed by atoms with Gasteiger partial charge >= 0.3 is 0 Å². The smallest absolute Gasteiger partial charge is 0.271 e. The van der Waals surface area contributed by atoms with E-state index in [1.165, 1.54) is 18.4 Å². The minimum absolute atomic E-state index is 0.0195. The van der Waals surface area contributed by atoms with Gasteiger partial charge in [0.1, 0.15) is 10.7 Å². The van der Waals surface area contributed by atoms with Gasteiger partial charge in [0.15, 0.2) is 0 Å². The van der Waals surface area contributed by atoms with Crippen LogP contribution in [0.1, 0.15) is 44.7 Å². The monoisotopic (exact) mass is 372 g/mol. The van der Waals surface area contributed by atoms with Crippen LogP contribution >= 0.6 is 11.3 Å². The highest BCUT2D eigenvalue weighted by atomic mass is 32.1. The SMILES string of the molecule is CNC(=O)CNC(=O)c1csc(C2CCCN2C(=O)c2ccccc2)n1. The Morgan fingerprint density at radius 3 is 2.77 bits per heavy atom. The molecule has 1 aliphatic heterocycles. The molecule has 1 atom stereocenters. The van der Waals surface area contributed by atoms with Crippen LogP contribution in [0.15, 0.2) is 35.7 Å². The number of carbonyl (C=O) groups is 3. The molecule has 0 bridgehead atoms. The molecule has 2 aromatic rings. The molecule has 0 aliphatic carbocycles. The van der Waals surface area contributed by atoms with Crippen molar-refractivity contribution in [3.8, 4) is 0 Å². The van der Waals surface area contributed by atoms with E-state index >= 15 is 0 Å². The second-order valence-corrected chi connectivity index (χ2v) is 6.84. The Hall–Kier alpha value is -2.74. The average molecular weight is 372 g/mol. The number of hydrogen-bond donors (Lipinski definition) is 2. The van der Waals surface area contributed by atoms with Gasteiger partial charge in [-0.05, 0) is 25.0 Å². The summed E-state index contributed by atoms with van der Waals surface area (Å²) in [5, 5.41) is 7.38. The molecule has 0 saturated carbocycles. The molecule has 7 nitrogen and oxygen atoms in total. The number of rotatable bonds is 5. The summed E-state index contributed by atoms with van der Waals surface area (Å²) in [7, 11) is 1.51. The minimum Gasteiger partial charge on any atom is -0.358 e. The zero-order valence-electron chi connectivity index (χ0n) is 14.4. The average Bonchev–Trinajstić information content (AvgIpc) is 3.35. The van der Waals surface area contributed by atoms with E-state index in [2.05, 4.69) is 15.6 Å². The van der Waals surface area contributed by atoms with Gasteiger partial charge in [-0.3, -0.25) is 14.4 Å². The Morgan fingerprint density at radius 1 is 1.27 bits per heavy atom. The normalized spacial score (nSPS) is 16.3. The Morgan fingerprint density at radius 2 is 2.04 bits per heavy atom. The number of thiazole rings is 1. The predicted molar refractivity (Wildman–Crippen MR) is 98.0 cm³/mol. The number of nitrogens with one attached hydrogen (secondary N) is 2. The highest BCUT2D eigenvalue weighted by Gasteiger charge is 2.32. The van der Waals surface area contributed by atoms with Crippen molar-refractivity contribution in [2.24, 2.45) is 0 Å². The van der Waals surface area contributed by atoms with Gasteiger partial charge in [0.25, 0.3) is 11.8 Å². The quantitative estimate of drug-likeness (QED) is 0.834. The molecule has 1 saturated heterocycles. The lowest BCUT2D eigenvalue weighted by Gasteiger charge is -2.23. The summed E-state index contributed by atoms with van der Waals surface area (Å²) >= 11 is 1.37.